The van der Waals surface area contributed by atoms with Crippen LogP contribution in [-0.4, -0.2) is 11.7 Å². The van der Waals surface area contributed by atoms with Crippen LogP contribution in [0.1, 0.15) is 23.6 Å². The highest BCUT2D eigenvalue weighted by Gasteiger charge is 2.38. The molecule has 0 saturated carbocycles. The molecule has 0 bridgehead atoms. The van der Waals surface area contributed by atoms with E-state index in [2.05, 4.69) is 5.32 Å². The van der Waals surface area contributed by atoms with Gasteiger partial charge in [0.1, 0.15) is 5.54 Å². The monoisotopic (exact) mass is 329 g/mol. The van der Waals surface area contributed by atoms with Crippen LogP contribution >= 0.6 is 0 Å². The van der Waals surface area contributed by atoms with Crippen molar-refractivity contribution in [1.29, 1.82) is 0 Å². The number of nitrogens with one attached hydrogen (secondary N) is 1. The molecule has 3 aromatic rings. The normalized spacial score (nSPS) is 10.9. The standard InChI is InChI=1S/C22H19NO2/c1-17(24)21(25)23-22(18-11-5-2-6-12-18,19-13-7-3-8-14-19)20-15-9-4-10-16-20/h2-16H,1H3,(H,23,25). The summed E-state index contributed by atoms with van der Waals surface area (Å²) in [6.07, 6.45) is 0. The molecule has 0 aliphatic heterocycles. The highest BCUT2D eigenvalue weighted by atomic mass is 16.2. The molecule has 124 valence electrons. The zero-order chi connectivity index (χ0) is 17.7. The summed E-state index contributed by atoms with van der Waals surface area (Å²) < 4.78 is 0. The van der Waals surface area contributed by atoms with Crippen molar-refractivity contribution in [2.24, 2.45) is 0 Å². The summed E-state index contributed by atoms with van der Waals surface area (Å²) >= 11 is 0. The van der Waals surface area contributed by atoms with Gasteiger partial charge in [-0.2, -0.15) is 0 Å². The molecule has 1 N–H and O–H groups in total. The lowest BCUT2D eigenvalue weighted by molar-refractivity contribution is -0.137. The minimum Gasteiger partial charge on any atom is -0.332 e. The van der Waals surface area contributed by atoms with Crippen LogP contribution < -0.4 is 5.32 Å². The minimum atomic E-state index is -0.938. The van der Waals surface area contributed by atoms with E-state index in [0.717, 1.165) is 16.7 Å². The van der Waals surface area contributed by atoms with Gasteiger partial charge in [0.15, 0.2) is 0 Å². The third-order valence-electron chi connectivity index (χ3n) is 4.24. The summed E-state index contributed by atoms with van der Waals surface area (Å²) in [5.74, 6) is -1.14. The smallest absolute Gasteiger partial charge is 0.288 e. The van der Waals surface area contributed by atoms with Crippen molar-refractivity contribution >= 4 is 11.7 Å². The van der Waals surface area contributed by atoms with Gasteiger partial charge in [0.2, 0.25) is 5.78 Å². The number of carbonyl (C=O) groups excluding carboxylic acids is 2. The van der Waals surface area contributed by atoms with E-state index in [1.54, 1.807) is 0 Å². The van der Waals surface area contributed by atoms with Crippen LogP contribution in [0.5, 0.6) is 0 Å². The average molecular weight is 329 g/mol. The maximum atomic E-state index is 12.4. The Balaban J connectivity index is 2.31. The Kier molecular flexibility index (Phi) is 4.75. The van der Waals surface area contributed by atoms with Crippen molar-refractivity contribution in [1.82, 2.24) is 5.32 Å². The molecule has 0 aromatic heterocycles. The van der Waals surface area contributed by atoms with E-state index in [9.17, 15) is 9.59 Å². The quantitative estimate of drug-likeness (QED) is 0.573. The van der Waals surface area contributed by atoms with Crippen molar-refractivity contribution in [3.05, 3.63) is 108 Å². The van der Waals surface area contributed by atoms with Crippen molar-refractivity contribution < 1.29 is 9.59 Å². The molecule has 0 heterocycles. The number of rotatable bonds is 5. The van der Waals surface area contributed by atoms with E-state index < -0.39 is 17.2 Å². The Morgan fingerprint density at radius 1 is 0.640 bits per heavy atom. The molecule has 25 heavy (non-hydrogen) atoms. The third-order valence-corrected chi connectivity index (χ3v) is 4.24. The van der Waals surface area contributed by atoms with Crippen LogP contribution in [-0.2, 0) is 15.1 Å². The summed E-state index contributed by atoms with van der Waals surface area (Å²) in [7, 11) is 0. The fourth-order valence-electron chi connectivity index (χ4n) is 3.04. The van der Waals surface area contributed by atoms with Gasteiger partial charge in [-0.05, 0) is 16.7 Å². The van der Waals surface area contributed by atoms with Gasteiger partial charge in [0.25, 0.3) is 5.91 Å². The molecule has 0 fully saturated rings. The molecular formula is C22H19NO2. The van der Waals surface area contributed by atoms with Gasteiger partial charge in [-0.15, -0.1) is 0 Å². The summed E-state index contributed by atoms with van der Waals surface area (Å²) in [5.41, 5.74) is 1.73. The van der Waals surface area contributed by atoms with Gasteiger partial charge in [-0.1, -0.05) is 91.0 Å². The molecule has 0 saturated heterocycles. The zero-order valence-electron chi connectivity index (χ0n) is 14.0. The Hall–Kier alpha value is -3.20. The minimum absolute atomic E-state index is 0.521. The SMILES string of the molecule is CC(=O)C(=O)NC(c1ccccc1)(c1ccccc1)c1ccccc1. The van der Waals surface area contributed by atoms with Gasteiger partial charge < -0.3 is 5.32 Å². The molecule has 0 aliphatic carbocycles. The number of Topliss-reactive ketones (excluding diaryl/α,β-unsaturated/α-hetero) is 1. The average Bonchev–Trinajstić information content (AvgIpc) is 2.68. The van der Waals surface area contributed by atoms with Crippen molar-refractivity contribution in [3.63, 3.8) is 0 Å². The van der Waals surface area contributed by atoms with E-state index in [4.69, 9.17) is 0 Å². The van der Waals surface area contributed by atoms with Gasteiger partial charge in [0, 0.05) is 6.92 Å². The number of amides is 1. The molecule has 0 atom stereocenters. The maximum Gasteiger partial charge on any atom is 0.288 e. The molecule has 0 spiro atoms. The molecule has 0 unspecified atom stereocenters. The van der Waals surface area contributed by atoms with E-state index >= 15 is 0 Å². The van der Waals surface area contributed by atoms with E-state index in [0.29, 0.717) is 0 Å². The predicted molar refractivity (Wildman–Crippen MR) is 98.0 cm³/mol. The molecule has 3 aromatic carbocycles. The topological polar surface area (TPSA) is 46.2 Å². The lowest BCUT2D eigenvalue weighted by Crippen LogP contribution is -2.49. The third kappa shape index (κ3) is 3.22. The second-order valence-electron chi connectivity index (χ2n) is 5.86. The van der Waals surface area contributed by atoms with E-state index in [-0.39, 0.29) is 0 Å². The number of hydrogen-bond acceptors (Lipinski definition) is 2. The first-order valence-electron chi connectivity index (χ1n) is 8.14. The maximum absolute atomic E-state index is 12.4. The van der Waals surface area contributed by atoms with Gasteiger partial charge >= 0.3 is 0 Å². The predicted octanol–water partition coefficient (Wildman–Crippen LogP) is 3.68. The first-order chi connectivity index (χ1) is 12.1. The second kappa shape index (κ2) is 7.14. The van der Waals surface area contributed by atoms with Crippen LogP contribution in [0.25, 0.3) is 0 Å². The molecular weight excluding hydrogens is 310 g/mol. The lowest BCUT2D eigenvalue weighted by Gasteiger charge is -2.36. The van der Waals surface area contributed by atoms with Crippen molar-refractivity contribution in [2.75, 3.05) is 0 Å². The van der Waals surface area contributed by atoms with Gasteiger partial charge in [0.05, 0.1) is 0 Å². The Labute approximate surface area is 147 Å². The van der Waals surface area contributed by atoms with Crippen molar-refractivity contribution in [3.8, 4) is 0 Å². The van der Waals surface area contributed by atoms with Crippen molar-refractivity contribution in [2.45, 2.75) is 12.5 Å². The first-order valence-corrected chi connectivity index (χ1v) is 8.14. The van der Waals surface area contributed by atoms with Crippen LogP contribution in [0.3, 0.4) is 0 Å². The van der Waals surface area contributed by atoms with E-state index in [1.165, 1.54) is 6.92 Å². The number of carbonyl (C=O) groups is 2. The highest BCUT2D eigenvalue weighted by Crippen LogP contribution is 2.36. The van der Waals surface area contributed by atoms with Crippen LogP contribution in [0.2, 0.25) is 0 Å². The number of hydrogen-bond donors (Lipinski definition) is 1. The molecule has 1 amide bonds. The lowest BCUT2D eigenvalue weighted by atomic mass is 9.77. The summed E-state index contributed by atoms with van der Waals surface area (Å²) in [6.45, 7) is 1.28. The Bertz CT molecular complexity index is 762. The molecule has 3 rings (SSSR count). The summed E-state index contributed by atoms with van der Waals surface area (Å²) in [6, 6.07) is 29.1. The Morgan fingerprint density at radius 3 is 1.24 bits per heavy atom. The van der Waals surface area contributed by atoms with E-state index in [1.807, 2.05) is 91.0 Å². The fraction of sp³-hybridized carbons (Fsp3) is 0.0909. The van der Waals surface area contributed by atoms with Crippen LogP contribution in [0.4, 0.5) is 0 Å². The fourth-order valence-corrected chi connectivity index (χ4v) is 3.04. The largest absolute Gasteiger partial charge is 0.332 e. The second-order valence-corrected chi connectivity index (χ2v) is 5.86. The summed E-state index contributed by atoms with van der Waals surface area (Å²) in [4.78, 5) is 24.1. The summed E-state index contributed by atoms with van der Waals surface area (Å²) in [5, 5.41) is 2.99. The Morgan fingerprint density at radius 2 is 0.960 bits per heavy atom. The molecule has 0 aliphatic rings. The number of ketones is 1. The zero-order valence-corrected chi connectivity index (χ0v) is 14.0. The highest BCUT2D eigenvalue weighted by molar-refractivity contribution is 6.35. The van der Waals surface area contributed by atoms with Gasteiger partial charge in [-0.3, -0.25) is 9.59 Å². The molecule has 3 heteroatoms. The van der Waals surface area contributed by atoms with Crippen LogP contribution in [0.15, 0.2) is 91.0 Å². The van der Waals surface area contributed by atoms with Gasteiger partial charge in [-0.25, -0.2) is 0 Å². The molecule has 0 radical (unpaired) electrons. The number of benzene rings is 3. The molecule has 3 nitrogen and oxygen atoms in total. The van der Waals surface area contributed by atoms with Crippen LogP contribution in [0, 0.1) is 0 Å². The first kappa shape index (κ1) is 16.7.